The summed E-state index contributed by atoms with van der Waals surface area (Å²) in [4.78, 5) is 0. The normalized spacial score (nSPS) is 34.9. The minimum Gasteiger partial charge on any atom is -0.507 e. The van der Waals surface area contributed by atoms with E-state index in [2.05, 4.69) is 150 Å². The topological polar surface area (TPSA) is 40.5 Å². The number of hydrogen-bond acceptors (Lipinski definition) is 4. The van der Waals surface area contributed by atoms with Crippen LogP contribution < -0.4 is 0 Å². The molecule has 9 aliphatic carbocycles. The molecule has 0 aromatic heterocycles. The number of phenolic OH excluding ortho intramolecular Hbond substituents is 2. The molecule has 0 amide bonds. The van der Waals surface area contributed by atoms with Crippen molar-refractivity contribution in [3.63, 3.8) is 0 Å². The Labute approximate surface area is 407 Å². The van der Waals surface area contributed by atoms with Crippen LogP contribution in [0.3, 0.4) is 0 Å². The number of hydrogen-bond donors (Lipinski definition) is 2. The van der Waals surface area contributed by atoms with Gasteiger partial charge in [0.2, 0.25) is 0 Å². The summed E-state index contributed by atoms with van der Waals surface area (Å²) in [6.45, 7) is 14.2. The van der Waals surface area contributed by atoms with Gasteiger partial charge in [-0.25, -0.2) is 0 Å². The van der Waals surface area contributed by atoms with Crippen LogP contribution in [0.1, 0.15) is 202 Å². The van der Waals surface area contributed by atoms with Crippen molar-refractivity contribution in [2.24, 2.45) is 23.7 Å². The van der Waals surface area contributed by atoms with Gasteiger partial charge in [-0.05, 0) is 157 Å². The maximum atomic E-state index is 12.7. The second kappa shape index (κ2) is 16.9. The molecule has 4 aromatic rings. The minimum atomic E-state index is 0.000648. The Bertz CT molecular complexity index is 2210. The first-order valence-electron chi connectivity index (χ1n) is 26.6. The van der Waals surface area contributed by atoms with E-state index in [1.165, 1.54) is 160 Å². The molecule has 0 aliphatic heterocycles. The maximum absolute atomic E-state index is 12.7. The van der Waals surface area contributed by atoms with Crippen molar-refractivity contribution >= 4 is 23.5 Å². The number of phenols is 2. The van der Waals surface area contributed by atoms with Gasteiger partial charge in [0.1, 0.15) is 11.5 Å². The molecule has 4 unspecified atom stereocenters. The monoisotopic (exact) mass is 921 g/mol. The molecule has 9 saturated carbocycles. The average molecular weight is 921 g/mol. The summed E-state index contributed by atoms with van der Waals surface area (Å²) in [6, 6.07) is 32.7. The first-order valence-corrected chi connectivity index (χ1v) is 28.7. The highest BCUT2D eigenvalue weighted by Gasteiger charge is 2.61. The number of thioether (sulfide) groups is 2. The smallest absolute Gasteiger partial charge is 0.123 e. The zero-order valence-electron chi connectivity index (χ0n) is 41.4. The third-order valence-electron chi connectivity index (χ3n) is 19.2. The predicted molar refractivity (Wildman–Crippen MR) is 280 cm³/mol. The second-order valence-electron chi connectivity index (χ2n) is 26.0. The van der Waals surface area contributed by atoms with E-state index in [-0.39, 0.29) is 32.5 Å². The molecule has 6 atom stereocenters. The van der Waals surface area contributed by atoms with Crippen LogP contribution in [0.5, 0.6) is 11.5 Å². The first-order chi connectivity index (χ1) is 31.5. The highest BCUT2D eigenvalue weighted by atomic mass is 32.2. The Morgan fingerprint density at radius 3 is 1.17 bits per heavy atom. The Morgan fingerprint density at radius 1 is 0.470 bits per heavy atom. The molecule has 4 aromatic carbocycles. The maximum Gasteiger partial charge on any atom is 0.123 e. The third-order valence-corrected chi connectivity index (χ3v) is 22.3. The molecule has 4 heteroatoms. The van der Waals surface area contributed by atoms with Crippen LogP contribution in [0, 0.1) is 23.7 Å². The van der Waals surface area contributed by atoms with E-state index in [0.717, 1.165) is 35.2 Å². The van der Waals surface area contributed by atoms with E-state index in [1.54, 1.807) is 0 Å². The minimum absolute atomic E-state index is 0.000648. The molecule has 2 N–H and O–H groups in total. The van der Waals surface area contributed by atoms with E-state index in [0.29, 0.717) is 22.0 Å². The summed E-state index contributed by atoms with van der Waals surface area (Å²) in [5, 5.41) is 26.4. The van der Waals surface area contributed by atoms with Crippen LogP contribution in [0.25, 0.3) is 0 Å². The highest BCUT2D eigenvalue weighted by Crippen LogP contribution is 2.69. The molecule has 2 nitrogen and oxygen atoms in total. The van der Waals surface area contributed by atoms with E-state index in [9.17, 15) is 10.2 Å². The molecule has 0 heterocycles. The fourth-order valence-corrected chi connectivity index (χ4v) is 20.0. The molecule has 13 rings (SSSR count). The number of aromatic hydroxyl groups is 2. The molecule has 0 saturated heterocycles. The Morgan fingerprint density at radius 2 is 0.818 bits per heavy atom. The fourth-order valence-electron chi connectivity index (χ4n) is 16.9. The number of rotatable bonds is 10. The highest BCUT2D eigenvalue weighted by molar-refractivity contribution is 8.03. The summed E-state index contributed by atoms with van der Waals surface area (Å²) in [5.74, 6) is 5.93. The largest absolute Gasteiger partial charge is 0.507 e. The molecule has 0 spiro atoms. The van der Waals surface area contributed by atoms with E-state index < -0.39 is 0 Å². The Hall–Kier alpha value is -2.82. The van der Waals surface area contributed by atoms with Gasteiger partial charge in [-0.2, -0.15) is 23.5 Å². The molecule has 9 aliphatic rings. The average Bonchev–Trinajstić information content (AvgIpc) is 3.25. The van der Waals surface area contributed by atoms with Crippen LogP contribution in [-0.4, -0.2) is 20.7 Å². The zero-order chi connectivity index (χ0) is 45.7. The van der Waals surface area contributed by atoms with Gasteiger partial charge >= 0.3 is 0 Å². The van der Waals surface area contributed by atoms with E-state index in [1.807, 2.05) is 0 Å². The van der Waals surface area contributed by atoms with Gasteiger partial charge in [0.15, 0.2) is 0 Å². The fraction of sp³-hybridized carbons (Fsp3) is 0.613. The molecular weight excluding hydrogens is 841 g/mol. The molecule has 9 fully saturated rings. The Kier molecular flexibility index (Phi) is 11.7. The van der Waals surface area contributed by atoms with Crippen molar-refractivity contribution in [3.8, 4) is 11.5 Å². The van der Waals surface area contributed by atoms with E-state index >= 15 is 0 Å². The molecule has 66 heavy (non-hydrogen) atoms. The first kappa shape index (κ1) is 45.6. The predicted octanol–water partition coefficient (Wildman–Crippen LogP) is 16.5. The third kappa shape index (κ3) is 8.22. The lowest BCUT2D eigenvalue weighted by molar-refractivity contribution is -0.0292. The lowest BCUT2D eigenvalue weighted by Gasteiger charge is -2.63. The van der Waals surface area contributed by atoms with Crippen molar-refractivity contribution < 1.29 is 10.2 Å². The summed E-state index contributed by atoms with van der Waals surface area (Å²) in [5.41, 5.74) is 11.3. The lowest BCUT2D eigenvalue weighted by atomic mass is 9.41. The van der Waals surface area contributed by atoms with E-state index in [4.69, 9.17) is 0 Å². The van der Waals surface area contributed by atoms with Crippen LogP contribution in [-0.2, 0) is 44.0 Å². The SMILES string of the molecule is CC(C)(C)c1cc(CS[C@H]2CCCCCC[C@@H]2SCc2cc(C(C)(C)C)cc(C34CC5CC(CC(c6ccccc6)(C5)C3)C4)c2O)c(O)c(C23CC4CC(CC(c5ccccc5)(C4)C2)C3)c1. The quantitative estimate of drug-likeness (QED) is 0.166. The van der Waals surface area contributed by atoms with Crippen molar-refractivity contribution in [1.82, 2.24) is 0 Å². The van der Waals surface area contributed by atoms with Gasteiger partial charge in [0.25, 0.3) is 0 Å². The second-order valence-corrected chi connectivity index (χ2v) is 28.5. The van der Waals surface area contributed by atoms with Gasteiger partial charge in [-0.15, -0.1) is 0 Å². The molecule has 352 valence electrons. The summed E-state index contributed by atoms with van der Waals surface area (Å²) >= 11 is 4.28. The van der Waals surface area contributed by atoms with Crippen LogP contribution in [0.15, 0.2) is 84.9 Å². The number of benzene rings is 4. The van der Waals surface area contributed by atoms with Gasteiger partial charge in [-0.3, -0.25) is 0 Å². The summed E-state index contributed by atoms with van der Waals surface area (Å²) in [6.07, 6.45) is 22.9. The van der Waals surface area contributed by atoms with Gasteiger partial charge in [0.05, 0.1) is 0 Å². The molecule has 8 bridgehead atoms. The van der Waals surface area contributed by atoms with Crippen molar-refractivity contribution in [1.29, 1.82) is 0 Å². The summed E-state index contributed by atoms with van der Waals surface area (Å²) in [7, 11) is 0. The van der Waals surface area contributed by atoms with Gasteiger partial charge in [-0.1, -0.05) is 152 Å². The summed E-state index contributed by atoms with van der Waals surface area (Å²) < 4.78 is 0. The molecule has 0 radical (unpaired) electrons. The standard InChI is InChI=1S/C62H80O2S2/c1-57(2,3)49-25-45(55(63)51(27-49)61-33-41-23-42(34-61)30-59(29-41,39-61)47-17-11-9-12-18-47)37-65-53-21-15-7-8-16-22-54(53)66-38-46-26-50(58(4,5)6)28-52(56(46)64)62-35-43-24-44(36-62)32-60(31-43,40-62)48-19-13-10-14-20-48/h9-14,17-20,25-28,41-44,53-54,63-64H,7-8,15-16,21-24,29-40H2,1-6H3/t41?,42?,43?,44?,53-,54-,59?,60?,61?,62?/m0/s1. The van der Waals surface area contributed by atoms with Crippen LogP contribution in [0.2, 0.25) is 0 Å². The van der Waals surface area contributed by atoms with Gasteiger partial charge < -0.3 is 10.2 Å². The van der Waals surface area contributed by atoms with Gasteiger partial charge in [0, 0.05) is 55.1 Å². The lowest BCUT2D eigenvalue weighted by Crippen LogP contribution is -2.56. The van der Waals surface area contributed by atoms with Crippen molar-refractivity contribution in [3.05, 3.63) is 129 Å². The van der Waals surface area contributed by atoms with Crippen molar-refractivity contribution in [2.75, 3.05) is 0 Å². The Balaban J connectivity index is 0.881. The van der Waals surface area contributed by atoms with Crippen LogP contribution in [0.4, 0.5) is 0 Å². The zero-order valence-corrected chi connectivity index (χ0v) is 43.0. The molecular formula is C62H80O2S2. The van der Waals surface area contributed by atoms with Crippen molar-refractivity contribution in [2.45, 2.75) is 212 Å². The van der Waals surface area contributed by atoms with Crippen LogP contribution >= 0.6 is 23.5 Å².